The molecule has 1 fully saturated rings. The van der Waals surface area contributed by atoms with Gasteiger partial charge in [-0.25, -0.2) is 9.97 Å². The second-order valence-corrected chi connectivity index (χ2v) is 5.16. The molecule has 0 radical (unpaired) electrons. The lowest BCUT2D eigenvalue weighted by Crippen LogP contribution is -2.45. The minimum absolute atomic E-state index is 0.352. The molecule has 0 amide bonds. The zero-order valence-corrected chi connectivity index (χ0v) is 11.7. The standard InChI is InChI=1S/C14H20N6/c1-19-13(6-8-17-19)12-5-7-16-14(18-12)20-9-3-2-4-11(20)10-15/h5-8,11H,2-4,9-10,15H2,1H3. The fourth-order valence-corrected chi connectivity index (χ4v) is 2.76. The highest BCUT2D eigenvalue weighted by Crippen LogP contribution is 2.23. The van der Waals surface area contributed by atoms with Gasteiger partial charge in [0.2, 0.25) is 5.95 Å². The van der Waals surface area contributed by atoms with Crippen molar-refractivity contribution in [3.05, 3.63) is 24.5 Å². The van der Waals surface area contributed by atoms with E-state index < -0.39 is 0 Å². The smallest absolute Gasteiger partial charge is 0.226 e. The monoisotopic (exact) mass is 272 g/mol. The first-order chi connectivity index (χ1) is 9.79. The van der Waals surface area contributed by atoms with Crippen molar-refractivity contribution in [3.8, 4) is 11.4 Å². The fourth-order valence-electron chi connectivity index (χ4n) is 2.76. The van der Waals surface area contributed by atoms with Crippen molar-refractivity contribution in [2.75, 3.05) is 18.0 Å². The molecule has 0 saturated carbocycles. The van der Waals surface area contributed by atoms with E-state index in [9.17, 15) is 0 Å². The van der Waals surface area contributed by atoms with Crippen LogP contribution < -0.4 is 10.6 Å². The lowest BCUT2D eigenvalue weighted by atomic mass is 10.0. The van der Waals surface area contributed by atoms with E-state index in [0.717, 1.165) is 30.3 Å². The van der Waals surface area contributed by atoms with Crippen LogP contribution in [0, 0.1) is 0 Å². The van der Waals surface area contributed by atoms with Gasteiger partial charge < -0.3 is 10.6 Å². The fraction of sp³-hybridized carbons (Fsp3) is 0.500. The second-order valence-electron chi connectivity index (χ2n) is 5.16. The number of hydrogen-bond acceptors (Lipinski definition) is 5. The quantitative estimate of drug-likeness (QED) is 0.908. The van der Waals surface area contributed by atoms with Crippen molar-refractivity contribution >= 4 is 5.95 Å². The van der Waals surface area contributed by atoms with Crippen LogP contribution in [0.1, 0.15) is 19.3 Å². The third-order valence-electron chi connectivity index (χ3n) is 3.88. The Morgan fingerprint density at radius 3 is 2.95 bits per heavy atom. The van der Waals surface area contributed by atoms with Crippen LogP contribution >= 0.6 is 0 Å². The molecule has 2 aromatic heterocycles. The third-order valence-corrected chi connectivity index (χ3v) is 3.88. The summed E-state index contributed by atoms with van der Waals surface area (Å²) in [5.74, 6) is 0.777. The summed E-state index contributed by atoms with van der Waals surface area (Å²) in [4.78, 5) is 11.4. The summed E-state index contributed by atoms with van der Waals surface area (Å²) in [6.07, 6.45) is 7.12. The van der Waals surface area contributed by atoms with Gasteiger partial charge in [0, 0.05) is 38.6 Å². The average molecular weight is 272 g/mol. The van der Waals surface area contributed by atoms with E-state index in [4.69, 9.17) is 10.7 Å². The highest BCUT2D eigenvalue weighted by Gasteiger charge is 2.23. The Balaban J connectivity index is 1.93. The molecule has 3 rings (SSSR count). The number of piperidine rings is 1. The summed E-state index contributed by atoms with van der Waals surface area (Å²) in [5, 5.41) is 4.19. The van der Waals surface area contributed by atoms with E-state index in [1.165, 1.54) is 12.8 Å². The normalized spacial score (nSPS) is 19.3. The van der Waals surface area contributed by atoms with Crippen LogP contribution in [0.3, 0.4) is 0 Å². The van der Waals surface area contributed by atoms with Crippen molar-refractivity contribution in [2.45, 2.75) is 25.3 Å². The Labute approximate surface area is 118 Å². The number of aryl methyl sites for hydroxylation is 1. The molecule has 0 aromatic carbocycles. The van der Waals surface area contributed by atoms with Crippen LogP contribution in [-0.2, 0) is 7.05 Å². The van der Waals surface area contributed by atoms with Crippen LogP contribution in [0.4, 0.5) is 5.95 Å². The van der Waals surface area contributed by atoms with Crippen LogP contribution in [0.15, 0.2) is 24.5 Å². The maximum absolute atomic E-state index is 5.88. The van der Waals surface area contributed by atoms with Crippen molar-refractivity contribution < 1.29 is 0 Å². The first kappa shape index (κ1) is 13.1. The van der Waals surface area contributed by atoms with Gasteiger partial charge in [-0.1, -0.05) is 0 Å². The minimum atomic E-state index is 0.352. The molecule has 1 saturated heterocycles. The topological polar surface area (TPSA) is 72.9 Å². The van der Waals surface area contributed by atoms with Crippen LogP contribution in [-0.4, -0.2) is 38.9 Å². The molecule has 3 heterocycles. The van der Waals surface area contributed by atoms with Crippen molar-refractivity contribution in [3.63, 3.8) is 0 Å². The lowest BCUT2D eigenvalue weighted by Gasteiger charge is -2.35. The van der Waals surface area contributed by atoms with Crippen molar-refractivity contribution in [1.82, 2.24) is 19.7 Å². The number of aromatic nitrogens is 4. The molecule has 1 unspecified atom stereocenters. The van der Waals surface area contributed by atoms with Crippen molar-refractivity contribution in [2.24, 2.45) is 12.8 Å². The van der Waals surface area contributed by atoms with Crippen molar-refractivity contribution in [1.29, 1.82) is 0 Å². The maximum Gasteiger partial charge on any atom is 0.226 e. The van der Waals surface area contributed by atoms with Gasteiger partial charge in [-0.05, 0) is 31.4 Å². The highest BCUT2D eigenvalue weighted by molar-refractivity contribution is 5.55. The van der Waals surface area contributed by atoms with Gasteiger partial charge in [-0.15, -0.1) is 0 Å². The summed E-state index contributed by atoms with van der Waals surface area (Å²) in [6, 6.07) is 4.23. The first-order valence-electron chi connectivity index (χ1n) is 7.07. The first-order valence-corrected chi connectivity index (χ1v) is 7.07. The van der Waals surface area contributed by atoms with E-state index >= 15 is 0 Å². The average Bonchev–Trinajstić information content (AvgIpc) is 2.93. The third kappa shape index (κ3) is 2.38. The Bertz CT molecular complexity index is 579. The predicted molar refractivity (Wildman–Crippen MR) is 78.3 cm³/mol. The molecule has 20 heavy (non-hydrogen) atoms. The zero-order valence-electron chi connectivity index (χ0n) is 11.7. The molecule has 1 aliphatic rings. The van der Waals surface area contributed by atoms with E-state index in [0.29, 0.717) is 12.6 Å². The molecule has 2 N–H and O–H groups in total. The number of rotatable bonds is 3. The number of hydrogen-bond donors (Lipinski definition) is 1. The summed E-state index contributed by atoms with van der Waals surface area (Å²) in [7, 11) is 1.92. The zero-order chi connectivity index (χ0) is 13.9. The molecular weight excluding hydrogens is 252 g/mol. The summed E-state index contributed by atoms with van der Waals surface area (Å²) < 4.78 is 1.82. The molecule has 1 aliphatic heterocycles. The Morgan fingerprint density at radius 1 is 1.30 bits per heavy atom. The molecule has 2 aromatic rings. The summed E-state index contributed by atoms with van der Waals surface area (Å²) >= 11 is 0. The number of nitrogens with zero attached hydrogens (tertiary/aromatic N) is 5. The van der Waals surface area contributed by atoms with E-state index in [1.807, 2.05) is 30.1 Å². The van der Waals surface area contributed by atoms with Gasteiger partial charge in [0.05, 0.1) is 11.4 Å². The second kappa shape index (κ2) is 5.58. The molecule has 0 bridgehead atoms. The Kier molecular flexibility index (Phi) is 3.64. The lowest BCUT2D eigenvalue weighted by molar-refractivity contribution is 0.458. The van der Waals surface area contributed by atoms with Gasteiger partial charge in [0.15, 0.2) is 0 Å². The van der Waals surface area contributed by atoms with Gasteiger partial charge in [-0.2, -0.15) is 5.10 Å². The number of nitrogens with two attached hydrogens (primary N) is 1. The largest absolute Gasteiger partial charge is 0.337 e. The van der Waals surface area contributed by atoms with Crippen LogP contribution in [0.25, 0.3) is 11.4 Å². The molecule has 6 heteroatoms. The molecule has 0 spiro atoms. The van der Waals surface area contributed by atoms with Crippen LogP contribution in [0.2, 0.25) is 0 Å². The van der Waals surface area contributed by atoms with Gasteiger partial charge in [-0.3, -0.25) is 4.68 Å². The van der Waals surface area contributed by atoms with E-state index in [1.54, 1.807) is 6.20 Å². The van der Waals surface area contributed by atoms with Crippen LogP contribution in [0.5, 0.6) is 0 Å². The van der Waals surface area contributed by atoms with Gasteiger partial charge in [0.25, 0.3) is 0 Å². The molecule has 1 atom stereocenters. The predicted octanol–water partition coefficient (Wildman–Crippen LogP) is 1.19. The summed E-state index contributed by atoms with van der Waals surface area (Å²) in [6.45, 7) is 1.63. The van der Waals surface area contributed by atoms with Gasteiger partial charge >= 0.3 is 0 Å². The maximum atomic E-state index is 5.88. The molecular formula is C14H20N6. The summed E-state index contributed by atoms with van der Waals surface area (Å²) in [5.41, 5.74) is 7.77. The minimum Gasteiger partial charge on any atom is -0.337 e. The number of anilines is 1. The SMILES string of the molecule is Cn1nccc1-c1ccnc(N2CCCCC2CN)n1. The Hall–Kier alpha value is -1.95. The Morgan fingerprint density at radius 2 is 2.20 bits per heavy atom. The molecule has 6 nitrogen and oxygen atoms in total. The highest BCUT2D eigenvalue weighted by atomic mass is 15.3. The molecule has 106 valence electrons. The van der Waals surface area contributed by atoms with Gasteiger partial charge in [0.1, 0.15) is 0 Å². The van der Waals surface area contributed by atoms with E-state index in [2.05, 4.69) is 15.0 Å². The van der Waals surface area contributed by atoms with E-state index in [-0.39, 0.29) is 0 Å². The molecule has 0 aliphatic carbocycles.